The van der Waals surface area contributed by atoms with Gasteiger partial charge in [-0.2, -0.15) is 0 Å². The molecule has 7 heteroatoms. The molecular weight excluding hydrogens is 268 g/mol. The quantitative estimate of drug-likeness (QED) is 0.743. The van der Waals surface area contributed by atoms with Gasteiger partial charge in [-0.15, -0.1) is 0 Å². The monoisotopic (exact) mass is 286 g/mol. The number of rotatable bonds is 4. The molecule has 106 valence electrons. The maximum atomic E-state index is 12.2. The number of aromatic amines is 1. The lowest BCUT2D eigenvalue weighted by Gasteiger charge is -2.35. The number of pyridine rings is 1. The summed E-state index contributed by atoms with van der Waals surface area (Å²) in [5.74, 6) is 0. The molecule has 0 saturated heterocycles. The number of hydrogen-bond donors (Lipinski definition) is 3. The van der Waals surface area contributed by atoms with E-state index in [0.717, 1.165) is 19.3 Å². The summed E-state index contributed by atoms with van der Waals surface area (Å²) in [7, 11) is -3.73. The number of aliphatic hydroxyl groups is 1. The van der Waals surface area contributed by atoms with E-state index in [0.29, 0.717) is 12.8 Å². The maximum Gasteiger partial charge on any atom is 0.247 e. The van der Waals surface area contributed by atoms with Gasteiger partial charge < -0.3 is 10.1 Å². The molecule has 0 unspecified atom stereocenters. The Labute approximate surface area is 111 Å². The molecule has 0 atom stereocenters. The molecule has 0 bridgehead atoms. The fourth-order valence-corrected chi connectivity index (χ4v) is 3.85. The summed E-state index contributed by atoms with van der Waals surface area (Å²) in [6.45, 7) is -0.213. The summed E-state index contributed by atoms with van der Waals surface area (Å²) in [5.41, 5.74) is -1.12. The molecule has 2 rings (SSSR count). The molecule has 19 heavy (non-hydrogen) atoms. The number of aliphatic hydroxyl groups excluding tert-OH is 1. The zero-order valence-electron chi connectivity index (χ0n) is 10.6. The molecule has 1 aliphatic carbocycles. The molecule has 0 radical (unpaired) electrons. The van der Waals surface area contributed by atoms with Crippen molar-refractivity contribution in [1.29, 1.82) is 0 Å². The number of hydrogen-bond acceptors (Lipinski definition) is 4. The lowest BCUT2D eigenvalue weighted by atomic mass is 9.83. The fraction of sp³-hybridized carbons (Fsp3) is 0.583. The smallest absolute Gasteiger partial charge is 0.247 e. The van der Waals surface area contributed by atoms with Crippen LogP contribution in [-0.4, -0.2) is 30.7 Å². The van der Waals surface area contributed by atoms with E-state index in [1.54, 1.807) is 0 Å². The van der Waals surface area contributed by atoms with Crippen LogP contribution < -0.4 is 10.3 Å². The summed E-state index contributed by atoms with van der Waals surface area (Å²) in [6, 6.07) is 2.43. The molecule has 1 aliphatic rings. The van der Waals surface area contributed by atoms with Crippen molar-refractivity contribution in [3.63, 3.8) is 0 Å². The van der Waals surface area contributed by atoms with E-state index in [2.05, 4.69) is 9.71 Å². The number of nitrogens with one attached hydrogen (secondary N) is 2. The van der Waals surface area contributed by atoms with Crippen molar-refractivity contribution < 1.29 is 13.5 Å². The van der Waals surface area contributed by atoms with Crippen LogP contribution in [0.2, 0.25) is 0 Å². The van der Waals surface area contributed by atoms with Gasteiger partial charge in [-0.05, 0) is 18.9 Å². The van der Waals surface area contributed by atoms with Crippen molar-refractivity contribution in [2.45, 2.75) is 42.5 Å². The molecule has 0 aliphatic heterocycles. The first-order chi connectivity index (χ1) is 8.97. The molecule has 1 heterocycles. The molecule has 3 N–H and O–H groups in total. The summed E-state index contributed by atoms with van der Waals surface area (Å²) in [6.07, 6.45) is 5.28. The number of H-pyrrole nitrogens is 1. The van der Waals surface area contributed by atoms with Crippen LogP contribution in [0.1, 0.15) is 32.1 Å². The van der Waals surface area contributed by atoms with Crippen LogP contribution in [-0.2, 0) is 10.0 Å². The molecule has 1 fully saturated rings. The van der Waals surface area contributed by atoms with Gasteiger partial charge >= 0.3 is 0 Å². The largest absolute Gasteiger partial charge is 0.394 e. The van der Waals surface area contributed by atoms with E-state index in [1.807, 2.05) is 0 Å². The van der Waals surface area contributed by atoms with E-state index >= 15 is 0 Å². The molecule has 6 nitrogen and oxygen atoms in total. The Morgan fingerprint density at radius 3 is 2.47 bits per heavy atom. The Hall–Kier alpha value is -1.18. The predicted octanol–water partition coefficient (Wildman–Crippen LogP) is 0.348. The average molecular weight is 286 g/mol. The lowest BCUT2D eigenvalue weighted by Crippen LogP contribution is -2.52. The summed E-state index contributed by atoms with van der Waals surface area (Å²) in [4.78, 5) is 13.3. The second kappa shape index (κ2) is 5.44. The van der Waals surface area contributed by atoms with E-state index in [4.69, 9.17) is 0 Å². The second-order valence-electron chi connectivity index (χ2n) is 4.99. The first-order valence-electron chi connectivity index (χ1n) is 6.31. The SMILES string of the molecule is O=c1ccc(S(=O)(=O)NC2(CO)CCCCC2)c[nH]1. The standard InChI is InChI=1S/C12H18N2O4S/c15-9-12(6-2-1-3-7-12)14-19(17,18)10-4-5-11(16)13-8-10/h4-5,8,14-15H,1-3,6-7,9H2,(H,13,16). The molecular formula is C12H18N2O4S. The van der Waals surface area contributed by atoms with Crippen LogP contribution in [0.5, 0.6) is 0 Å². The third-order valence-electron chi connectivity index (χ3n) is 3.53. The Bertz CT molecular complexity index is 567. The molecule has 1 aromatic rings. The highest BCUT2D eigenvalue weighted by Crippen LogP contribution is 2.29. The minimum atomic E-state index is -3.73. The van der Waals surface area contributed by atoms with Crippen LogP contribution in [0.4, 0.5) is 0 Å². The van der Waals surface area contributed by atoms with Gasteiger partial charge in [0.05, 0.1) is 17.0 Å². The molecule has 0 amide bonds. The zero-order chi connectivity index (χ0) is 13.9. The normalized spacial score (nSPS) is 19.2. The van der Waals surface area contributed by atoms with Gasteiger partial charge in [0.2, 0.25) is 15.6 Å². The van der Waals surface area contributed by atoms with Crippen molar-refractivity contribution >= 4 is 10.0 Å². The second-order valence-corrected chi connectivity index (χ2v) is 6.68. The van der Waals surface area contributed by atoms with E-state index in [1.165, 1.54) is 18.3 Å². The Morgan fingerprint density at radius 1 is 1.26 bits per heavy atom. The minimum Gasteiger partial charge on any atom is -0.394 e. The Morgan fingerprint density at radius 2 is 1.95 bits per heavy atom. The van der Waals surface area contributed by atoms with Crippen molar-refractivity contribution in [2.75, 3.05) is 6.61 Å². The number of sulfonamides is 1. The molecule has 1 saturated carbocycles. The maximum absolute atomic E-state index is 12.2. The Balaban J connectivity index is 2.24. The average Bonchev–Trinajstić information content (AvgIpc) is 2.40. The topological polar surface area (TPSA) is 99.3 Å². The van der Waals surface area contributed by atoms with Gasteiger partial charge in [0.25, 0.3) is 0 Å². The summed E-state index contributed by atoms with van der Waals surface area (Å²) < 4.78 is 27.1. The van der Waals surface area contributed by atoms with Crippen LogP contribution >= 0.6 is 0 Å². The molecule has 1 aromatic heterocycles. The van der Waals surface area contributed by atoms with Crippen molar-refractivity contribution in [1.82, 2.24) is 9.71 Å². The van der Waals surface area contributed by atoms with Gasteiger partial charge in [-0.3, -0.25) is 4.79 Å². The summed E-state index contributed by atoms with van der Waals surface area (Å²) in [5, 5.41) is 9.51. The zero-order valence-corrected chi connectivity index (χ0v) is 11.4. The highest BCUT2D eigenvalue weighted by Gasteiger charge is 2.35. The lowest BCUT2D eigenvalue weighted by molar-refractivity contribution is 0.142. The van der Waals surface area contributed by atoms with Gasteiger partial charge in [0.15, 0.2) is 0 Å². The van der Waals surface area contributed by atoms with Crippen LogP contribution in [0, 0.1) is 0 Å². The van der Waals surface area contributed by atoms with Crippen molar-refractivity contribution in [3.8, 4) is 0 Å². The highest BCUT2D eigenvalue weighted by atomic mass is 32.2. The van der Waals surface area contributed by atoms with E-state index < -0.39 is 15.6 Å². The van der Waals surface area contributed by atoms with E-state index in [9.17, 15) is 18.3 Å². The van der Waals surface area contributed by atoms with Crippen LogP contribution in [0.3, 0.4) is 0 Å². The highest BCUT2D eigenvalue weighted by molar-refractivity contribution is 7.89. The van der Waals surface area contributed by atoms with Crippen molar-refractivity contribution in [3.05, 3.63) is 28.7 Å². The number of aromatic nitrogens is 1. The van der Waals surface area contributed by atoms with Gasteiger partial charge in [0, 0.05) is 12.3 Å². The van der Waals surface area contributed by atoms with E-state index in [-0.39, 0.29) is 17.1 Å². The fourth-order valence-electron chi connectivity index (χ4n) is 2.43. The van der Waals surface area contributed by atoms with Gasteiger partial charge in [-0.25, -0.2) is 13.1 Å². The van der Waals surface area contributed by atoms with Gasteiger partial charge in [-0.1, -0.05) is 19.3 Å². The van der Waals surface area contributed by atoms with Gasteiger partial charge in [0.1, 0.15) is 0 Å². The third kappa shape index (κ3) is 3.23. The third-order valence-corrected chi connectivity index (χ3v) is 5.11. The van der Waals surface area contributed by atoms with Crippen LogP contribution in [0.15, 0.2) is 28.0 Å². The summed E-state index contributed by atoms with van der Waals surface area (Å²) >= 11 is 0. The van der Waals surface area contributed by atoms with Crippen molar-refractivity contribution in [2.24, 2.45) is 0 Å². The Kier molecular flexibility index (Phi) is 4.07. The first-order valence-corrected chi connectivity index (χ1v) is 7.79. The van der Waals surface area contributed by atoms with Crippen LogP contribution in [0.25, 0.3) is 0 Å². The molecule has 0 aromatic carbocycles. The molecule has 0 spiro atoms. The minimum absolute atomic E-state index is 0.00509. The first kappa shape index (κ1) is 14.2. The predicted molar refractivity (Wildman–Crippen MR) is 70.3 cm³/mol.